The lowest BCUT2D eigenvalue weighted by Gasteiger charge is -2.30. The van der Waals surface area contributed by atoms with Crippen molar-refractivity contribution in [2.24, 2.45) is 0 Å². The molecular weight excluding hydrogens is 869 g/mol. The second-order valence-electron chi connectivity index (χ2n) is 17.1. The zero-order valence-corrected chi connectivity index (χ0v) is 37.7. The van der Waals surface area contributed by atoms with Crippen LogP contribution in [0.4, 0.5) is 17.6 Å². The minimum Gasteiger partial charge on any atom is -0.306 e. The van der Waals surface area contributed by atoms with Gasteiger partial charge < -0.3 is 9.13 Å². The molecule has 16 heteroatoms. The van der Waals surface area contributed by atoms with E-state index in [0.29, 0.717) is 73.2 Å². The van der Waals surface area contributed by atoms with Gasteiger partial charge in [-0.25, -0.2) is 46.9 Å². The molecule has 0 saturated heterocycles. The second kappa shape index (κ2) is 18.2. The number of halogens is 4. The summed E-state index contributed by atoms with van der Waals surface area (Å²) < 4.78 is 62.3. The molecule has 0 amide bonds. The van der Waals surface area contributed by atoms with Crippen LogP contribution in [0.1, 0.15) is 93.7 Å². The maximum atomic E-state index is 14.0. The topological polar surface area (TPSA) is 145 Å². The van der Waals surface area contributed by atoms with Crippen LogP contribution >= 0.6 is 0 Å². The van der Waals surface area contributed by atoms with E-state index in [4.69, 9.17) is 0 Å². The fourth-order valence-electron chi connectivity index (χ4n) is 9.02. The Labute approximate surface area is 389 Å². The van der Waals surface area contributed by atoms with Crippen LogP contribution in [0.15, 0.2) is 97.8 Å². The fourth-order valence-corrected chi connectivity index (χ4v) is 9.02. The van der Waals surface area contributed by atoms with E-state index in [0.717, 1.165) is 69.3 Å². The van der Waals surface area contributed by atoms with Crippen LogP contribution in [0.5, 0.6) is 0 Å². The minimum absolute atomic E-state index is 0.388. The number of hydrogen-bond donors (Lipinski definition) is 0. The lowest BCUT2D eigenvalue weighted by atomic mass is 9.75. The number of nitriles is 2. The van der Waals surface area contributed by atoms with Crippen LogP contribution in [0.3, 0.4) is 0 Å². The van der Waals surface area contributed by atoms with E-state index in [1.165, 1.54) is 12.1 Å². The Morgan fingerprint density at radius 2 is 0.971 bits per heavy atom. The summed E-state index contributed by atoms with van der Waals surface area (Å²) in [6.45, 7) is 9.21. The Kier molecular flexibility index (Phi) is 12.0. The van der Waals surface area contributed by atoms with Crippen LogP contribution in [0.25, 0.3) is 35.7 Å². The van der Waals surface area contributed by atoms with E-state index in [-0.39, 0.29) is 0 Å². The van der Waals surface area contributed by atoms with Crippen LogP contribution in [-0.2, 0) is 23.9 Å². The summed E-state index contributed by atoms with van der Waals surface area (Å²) in [7, 11) is 0. The average molecular weight is 913 g/mol. The minimum atomic E-state index is -1.17. The molecule has 0 spiro atoms. The number of hydrogen-bond acceptors (Lipinski definition) is 8. The van der Waals surface area contributed by atoms with Crippen LogP contribution in [-0.4, -0.2) is 48.6 Å². The van der Waals surface area contributed by atoms with Gasteiger partial charge in [0.05, 0.1) is 36.2 Å². The molecule has 2 atom stereocenters. The molecule has 0 bridgehead atoms. The van der Waals surface area contributed by atoms with Gasteiger partial charge in [0.15, 0.2) is 46.6 Å². The van der Waals surface area contributed by atoms with E-state index in [9.17, 15) is 28.1 Å². The Balaban J connectivity index is 0.000000170. The third-order valence-corrected chi connectivity index (χ3v) is 12.5. The van der Waals surface area contributed by atoms with Crippen molar-refractivity contribution in [2.75, 3.05) is 0 Å². The molecule has 4 aromatic heterocycles. The summed E-state index contributed by atoms with van der Waals surface area (Å²) in [6.07, 6.45) is 17.3. The van der Waals surface area contributed by atoms with Gasteiger partial charge in [-0.15, -0.1) is 0 Å². The molecule has 0 radical (unpaired) electrons. The summed E-state index contributed by atoms with van der Waals surface area (Å²) in [5.41, 5.74) is 6.60. The zero-order valence-electron chi connectivity index (χ0n) is 37.7. The predicted octanol–water partition coefficient (Wildman–Crippen LogP) is 10.3. The number of benzene rings is 4. The van der Waals surface area contributed by atoms with Gasteiger partial charge in [-0.3, -0.25) is 0 Å². The standard InChI is InChI=1S/2C26H22F2N6/c2*1-17-12-19(4-8-23(17)33-14-18(2)30-16-33)5-9-24-31-25-26(15-29,10-3-11-34(25)32-24)20-6-7-21(27)22(28)13-20/h2*4-9,12-14,16H,3,10-11H2,1-2H3/b2*9-5+/t2*26-/m10/s1. The first-order valence-electron chi connectivity index (χ1n) is 22.0. The highest BCUT2D eigenvalue weighted by molar-refractivity contribution is 5.69. The van der Waals surface area contributed by atoms with Gasteiger partial charge in [0.1, 0.15) is 10.8 Å². The smallest absolute Gasteiger partial charge is 0.174 e. The molecule has 0 fully saturated rings. The predicted molar refractivity (Wildman–Crippen MR) is 248 cm³/mol. The van der Waals surface area contributed by atoms with Gasteiger partial charge in [0, 0.05) is 36.9 Å². The van der Waals surface area contributed by atoms with Gasteiger partial charge in [0.2, 0.25) is 0 Å². The summed E-state index contributed by atoms with van der Waals surface area (Å²) in [6, 6.07) is 24.0. The summed E-state index contributed by atoms with van der Waals surface area (Å²) in [5, 5.41) is 29.3. The molecule has 2 aliphatic heterocycles. The quantitative estimate of drug-likeness (QED) is 0.137. The number of nitrogens with zero attached hydrogens (tertiary/aromatic N) is 12. The van der Waals surface area contributed by atoms with E-state index >= 15 is 0 Å². The van der Waals surface area contributed by atoms with Gasteiger partial charge in [0.25, 0.3) is 0 Å². The van der Waals surface area contributed by atoms with Crippen molar-refractivity contribution in [1.29, 1.82) is 10.5 Å². The molecule has 340 valence electrons. The zero-order chi connectivity index (χ0) is 47.7. The number of aromatic nitrogens is 10. The van der Waals surface area contributed by atoms with E-state index in [1.807, 2.05) is 85.6 Å². The number of imidazole rings is 2. The molecule has 0 unspecified atom stereocenters. The monoisotopic (exact) mass is 912 g/mol. The number of rotatable bonds is 8. The van der Waals surface area contributed by atoms with Crippen molar-refractivity contribution >= 4 is 24.3 Å². The molecule has 12 nitrogen and oxygen atoms in total. The summed E-state index contributed by atoms with van der Waals surface area (Å²) >= 11 is 0. The highest BCUT2D eigenvalue weighted by Crippen LogP contribution is 2.41. The molecular formula is C52H44F4N12. The van der Waals surface area contributed by atoms with E-state index in [2.05, 4.69) is 54.4 Å². The summed E-state index contributed by atoms with van der Waals surface area (Å²) in [4.78, 5) is 17.8. The Morgan fingerprint density at radius 1 is 0.544 bits per heavy atom. The molecule has 4 aromatic carbocycles. The average Bonchev–Trinajstić information content (AvgIpc) is 4.16. The molecule has 10 rings (SSSR count). The third-order valence-electron chi connectivity index (χ3n) is 12.5. The Bertz CT molecular complexity index is 3140. The van der Waals surface area contributed by atoms with Crippen molar-refractivity contribution in [3.05, 3.63) is 189 Å². The Hall–Kier alpha value is -8.24. The fraction of sp³-hybridized carbons (Fsp3) is 0.231. The van der Waals surface area contributed by atoms with Gasteiger partial charge in [-0.05, 0) is 147 Å². The van der Waals surface area contributed by atoms with E-state index in [1.54, 1.807) is 34.2 Å². The first-order chi connectivity index (χ1) is 32.8. The van der Waals surface area contributed by atoms with Crippen molar-refractivity contribution < 1.29 is 17.6 Å². The Morgan fingerprint density at radius 3 is 1.32 bits per heavy atom. The molecule has 0 saturated carbocycles. The molecule has 8 aromatic rings. The largest absolute Gasteiger partial charge is 0.306 e. The SMILES string of the molecule is Cc1cn(-c2ccc(/C=C/c3nc4n(n3)CCC[C@@]4(C#N)c3ccc(F)c(F)c3)cc2C)cn1.Cc1cn(-c2ccc(/C=C/c3nc4n(n3)CCC[C@]4(C#N)c3ccc(F)c(F)c3)cc2C)cn1. The molecule has 2 aliphatic rings. The van der Waals surface area contributed by atoms with Crippen LogP contribution in [0.2, 0.25) is 0 Å². The van der Waals surface area contributed by atoms with Crippen molar-refractivity contribution in [3.8, 4) is 23.5 Å². The molecule has 6 heterocycles. The summed E-state index contributed by atoms with van der Waals surface area (Å²) in [5.74, 6) is -2.01. The normalized spacial score (nSPS) is 17.6. The van der Waals surface area contributed by atoms with Crippen molar-refractivity contribution in [3.63, 3.8) is 0 Å². The number of fused-ring (bicyclic) bond motifs is 2. The third kappa shape index (κ3) is 8.52. The van der Waals surface area contributed by atoms with Crippen LogP contribution in [0, 0.1) is 73.6 Å². The highest BCUT2D eigenvalue weighted by atomic mass is 19.2. The maximum Gasteiger partial charge on any atom is 0.174 e. The number of aryl methyl sites for hydroxylation is 6. The van der Waals surface area contributed by atoms with Gasteiger partial charge >= 0.3 is 0 Å². The lowest BCUT2D eigenvalue weighted by Crippen LogP contribution is -2.34. The van der Waals surface area contributed by atoms with E-state index < -0.39 is 34.1 Å². The molecule has 68 heavy (non-hydrogen) atoms. The van der Waals surface area contributed by atoms with Gasteiger partial charge in [-0.2, -0.15) is 20.7 Å². The first kappa shape index (κ1) is 44.9. The van der Waals surface area contributed by atoms with Crippen molar-refractivity contribution in [1.82, 2.24) is 48.6 Å². The molecule has 0 N–H and O–H groups in total. The highest BCUT2D eigenvalue weighted by Gasteiger charge is 2.44. The first-order valence-corrected chi connectivity index (χ1v) is 22.0. The van der Waals surface area contributed by atoms with Crippen LogP contribution < -0.4 is 0 Å². The molecule has 0 aliphatic carbocycles. The lowest BCUT2D eigenvalue weighted by molar-refractivity contribution is 0.390. The van der Waals surface area contributed by atoms with Crippen molar-refractivity contribution in [2.45, 2.75) is 77.3 Å². The maximum absolute atomic E-state index is 14.0. The second-order valence-corrected chi connectivity index (χ2v) is 17.1. The van der Waals surface area contributed by atoms with Gasteiger partial charge in [-0.1, -0.05) is 36.4 Å².